The van der Waals surface area contributed by atoms with E-state index in [0.29, 0.717) is 30.5 Å². The summed E-state index contributed by atoms with van der Waals surface area (Å²) >= 11 is 0. The van der Waals surface area contributed by atoms with Crippen LogP contribution in [0, 0.1) is 0 Å². The lowest BCUT2D eigenvalue weighted by Gasteiger charge is -2.33. The van der Waals surface area contributed by atoms with E-state index in [0.717, 1.165) is 36.4 Å². The largest absolute Gasteiger partial charge is 0.490 e. The Morgan fingerprint density at radius 3 is 2.56 bits per heavy atom. The van der Waals surface area contributed by atoms with Crippen molar-refractivity contribution in [1.82, 2.24) is 9.97 Å². The SMILES string of the molecule is CCOc1ccccc1OC1CCCN(c2cncc(NC(=O)Cc3ccc(OC(C)(C)C(=O)O)cc3)n2)C1. The van der Waals surface area contributed by atoms with Gasteiger partial charge in [-0.2, -0.15) is 0 Å². The van der Waals surface area contributed by atoms with Gasteiger partial charge < -0.3 is 29.5 Å². The van der Waals surface area contributed by atoms with E-state index in [1.54, 1.807) is 30.5 Å². The lowest BCUT2D eigenvalue weighted by atomic mass is 10.1. The lowest BCUT2D eigenvalue weighted by Crippen LogP contribution is -2.41. The molecule has 1 aliphatic heterocycles. The van der Waals surface area contributed by atoms with Crippen molar-refractivity contribution in [3.05, 3.63) is 66.5 Å². The van der Waals surface area contributed by atoms with Gasteiger partial charge in [-0.25, -0.2) is 9.78 Å². The summed E-state index contributed by atoms with van der Waals surface area (Å²) in [5, 5.41) is 12.0. The van der Waals surface area contributed by atoms with E-state index < -0.39 is 11.6 Å². The zero-order chi connectivity index (χ0) is 27.8. The number of para-hydroxylation sites is 2. The van der Waals surface area contributed by atoms with Crippen LogP contribution in [0.5, 0.6) is 17.2 Å². The van der Waals surface area contributed by atoms with E-state index in [9.17, 15) is 14.7 Å². The summed E-state index contributed by atoms with van der Waals surface area (Å²) in [6, 6.07) is 14.4. The number of rotatable bonds is 11. The molecular formula is C29H34N4O6. The molecule has 1 unspecified atom stereocenters. The zero-order valence-electron chi connectivity index (χ0n) is 22.4. The van der Waals surface area contributed by atoms with E-state index in [2.05, 4.69) is 20.2 Å². The molecule has 2 N–H and O–H groups in total. The van der Waals surface area contributed by atoms with Crippen LogP contribution in [-0.4, -0.2) is 58.4 Å². The summed E-state index contributed by atoms with van der Waals surface area (Å²) in [6.45, 7) is 6.91. The van der Waals surface area contributed by atoms with E-state index in [-0.39, 0.29) is 18.4 Å². The monoisotopic (exact) mass is 534 g/mol. The van der Waals surface area contributed by atoms with Crippen LogP contribution in [0.15, 0.2) is 60.9 Å². The number of piperidine rings is 1. The van der Waals surface area contributed by atoms with Gasteiger partial charge in [0.15, 0.2) is 22.9 Å². The van der Waals surface area contributed by atoms with Crippen LogP contribution in [0.4, 0.5) is 11.6 Å². The molecule has 0 saturated carbocycles. The molecule has 2 heterocycles. The van der Waals surface area contributed by atoms with Gasteiger partial charge in [0.25, 0.3) is 0 Å². The summed E-state index contributed by atoms with van der Waals surface area (Å²) in [7, 11) is 0. The average molecular weight is 535 g/mol. The highest BCUT2D eigenvalue weighted by Gasteiger charge is 2.29. The predicted octanol–water partition coefficient (Wildman–Crippen LogP) is 4.35. The number of carbonyl (C=O) groups is 2. The van der Waals surface area contributed by atoms with Gasteiger partial charge in [0, 0.05) is 6.54 Å². The maximum atomic E-state index is 12.7. The van der Waals surface area contributed by atoms with Gasteiger partial charge in [0.05, 0.1) is 32.0 Å². The number of hydrogen-bond acceptors (Lipinski definition) is 8. The minimum absolute atomic E-state index is 0.0339. The Balaban J connectivity index is 1.34. The Kier molecular flexibility index (Phi) is 8.85. The molecule has 0 radical (unpaired) electrons. The smallest absolute Gasteiger partial charge is 0.347 e. The molecule has 39 heavy (non-hydrogen) atoms. The third kappa shape index (κ3) is 7.59. The summed E-state index contributed by atoms with van der Waals surface area (Å²) < 4.78 is 17.5. The number of carboxylic acid groups (broad SMARTS) is 1. The van der Waals surface area contributed by atoms with Crippen LogP contribution in [0.2, 0.25) is 0 Å². The number of ether oxygens (including phenoxy) is 3. The fourth-order valence-corrected chi connectivity index (χ4v) is 4.20. The highest BCUT2D eigenvalue weighted by atomic mass is 16.5. The molecule has 4 rings (SSSR count). The van der Waals surface area contributed by atoms with E-state index in [4.69, 9.17) is 14.2 Å². The maximum absolute atomic E-state index is 12.7. The Morgan fingerprint density at radius 1 is 1.10 bits per heavy atom. The molecular weight excluding hydrogens is 500 g/mol. The van der Waals surface area contributed by atoms with Crippen LogP contribution < -0.4 is 24.4 Å². The summed E-state index contributed by atoms with van der Waals surface area (Å²) in [4.78, 5) is 34.9. The van der Waals surface area contributed by atoms with E-state index in [1.807, 2.05) is 31.2 Å². The number of benzene rings is 2. The molecule has 3 aromatic rings. The number of nitrogens with zero attached hydrogens (tertiary/aromatic N) is 3. The second-order valence-electron chi connectivity index (χ2n) is 9.76. The first-order chi connectivity index (χ1) is 18.7. The first-order valence-electron chi connectivity index (χ1n) is 13.0. The average Bonchev–Trinajstić information content (AvgIpc) is 2.91. The normalized spacial score (nSPS) is 15.4. The Morgan fingerprint density at radius 2 is 1.85 bits per heavy atom. The number of carbonyl (C=O) groups excluding carboxylic acids is 1. The summed E-state index contributed by atoms with van der Waals surface area (Å²) in [5.74, 6) is 1.60. The Labute approximate surface area is 227 Å². The zero-order valence-corrected chi connectivity index (χ0v) is 22.4. The molecule has 0 spiro atoms. The maximum Gasteiger partial charge on any atom is 0.347 e. The highest BCUT2D eigenvalue weighted by Crippen LogP contribution is 2.30. The fraction of sp³-hybridized carbons (Fsp3) is 0.379. The lowest BCUT2D eigenvalue weighted by molar-refractivity contribution is -0.152. The van der Waals surface area contributed by atoms with Gasteiger partial charge in [0.2, 0.25) is 5.91 Å². The van der Waals surface area contributed by atoms with E-state index in [1.165, 1.54) is 20.0 Å². The molecule has 10 nitrogen and oxygen atoms in total. The Bertz CT molecular complexity index is 1280. The van der Waals surface area contributed by atoms with Crippen molar-refractivity contribution in [3.63, 3.8) is 0 Å². The molecule has 2 aromatic carbocycles. The molecule has 0 bridgehead atoms. The summed E-state index contributed by atoms with van der Waals surface area (Å²) in [5.41, 5.74) is -0.600. The van der Waals surface area contributed by atoms with Crippen LogP contribution >= 0.6 is 0 Å². The molecule has 1 aliphatic rings. The van der Waals surface area contributed by atoms with Gasteiger partial charge in [0.1, 0.15) is 17.7 Å². The third-order valence-corrected chi connectivity index (χ3v) is 6.21. The van der Waals surface area contributed by atoms with Crippen molar-refractivity contribution in [2.45, 2.75) is 51.7 Å². The van der Waals surface area contributed by atoms with Gasteiger partial charge in [-0.15, -0.1) is 0 Å². The number of carboxylic acids is 1. The summed E-state index contributed by atoms with van der Waals surface area (Å²) in [6.07, 6.45) is 5.13. The molecule has 1 aromatic heterocycles. The molecule has 0 aliphatic carbocycles. The number of anilines is 2. The third-order valence-electron chi connectivity index (χ3n) is 6.21. The second-order valence-corrected chi connectivity index (χ2v) is 9.76. The molecule has 1 atom stereocenters. The molecule has 206 valence electrons. The van der Waals surface area contributed by atoms with Gasteiger partial charge in [-0.05, 0) is 63.4 Å². The standard InChI is InChI=1S/C29H34N4O6/c1-4-37-23-9-5-6-10-24(23)38-22-8-7-15-33(19-22)26-18-30-17-25(31-26)32-27(34)16-20-11-13-21(14-12-20)39-29(2,3)28(35)36/h5-6,9-14,17-18,22H,4,7-8,15-16,19H2,1-3H3,(H,35,36)(H,31,32,34). The van der Waals surface area contributed by atoms with Crippen LogP contribution in [0.1, 0.15) is 39.2 Å². The van der Waals surface area contributed by atoms with E-state index >= 15 is 0 Å². The minimum atomic E-state index is -1.35. The van der Waals surface area contributed by atoms with Crippen molar-refractivity contribution in [1.29, 1.82) is 0 Å². The number of nitrogens with one attached hydrogen (secondary N) is 1. The first-order valence-corrected chi connectivity index (χ1v) is 13.0. The van der Waals surface area contributed by atoms with Crippen LogP contribution in [0.3, 0.4) is 0 Å². The topological polar surface area (TPSA) is 123 Å². The van der Waals surface area contributed by atoms with Crippen molar-refractivity contribution in [3.8, 4) is 17.2 Å². The Hall–Kier alpha value is -4.34. The van der Waals surface area contributed by atoms with Crippen molar-refractivity contribution in [2.24, 2.45) is 0 Å². The number of aliphatic carboxylic acids is 1. The van der Waals surface area contributed by atoms with Crippen molar-refractivity contribution < 1.29 is 28.9 Å². The minimum Gasteiger partial charge on any atom is -0.490 e. The van der Waals surface area contributed by atoms with Crippen LogP contribution in [-0.2, 0) is 16.0 Å². The number of amides is 1. The molecule has 10 heteroatoms. The van der Waals surface area contributed by atoms with Crippen molar-refractivity contribution in [2.75, 3.05) is 29.9 Å². The second kappa shape index (κ2) is 12.5. The van der Waals surface area contributed by atoms with Gasteiger partial charge >= 0.3 is 5.97 Å². The van der Waals surface area contributed by atoms with Crippen molar-refractivity contribution >= 4 is 23.5 Å². The van der Waals surface area contributed by atoms with Crippen LogP contribution in [0.25, 0.3) is 0 Å². The number of aromatic nitrogens is 2. The molecule has 1 saturated heterocycles. The highest BCUT2D eigenvalue weighted by molar-refractivity contribution is 5.91. The quantitative estimate of drug-likeness (QED) is 0.370. The first kappa shape index (κ1) is 27.7. The van der Waals surface area contributed by atoms with Gasteiger partial charge in [-0.3, -0.25) is 9.78 Å². The van der Waals surface area contributed by atoms with Gasteiger partial charge in [-0.1, -0.05) is 24.3 Å². The molecule has 1 amide bonds. The number of hydrogen-bond donors (Lipinski definition) is 2. The predicted molar refractivity (Wildman–Crippen MR) is 147 cm³/mol. The molecule has 1 fully saturated rings. The fourth-order valence-electron chi connectivity index (χ4n) is 4.20.